The maximum Gasteiger partial charge on any atom is 0.417 e. The molecule has 2 heterocycles. The Hall–Kier alpha value is -2.02. The van der Waals surface area contributed by atoms with Crippen LogP contribution in [0.1, 0.15) is 5.56 Å². The van der Waals surface area contributed by atoms with Crippen molar-refractivity contribution in [2.45, 2.75) is 6.18 Å². The molecule has 0 atom stereocenters. The highest BCUT2D eigenvalue weighted by Gasteiger charge is 2.31. The third kappa shape index (κ3) is 6.90. The summed E-state index contributed by atoms with van der Waals surface area (Å²) in [6.07, 6.45) is -2.85. The number of aromatic nitrogens is 1. The molecule has 0 aromatic carbocycles. The Labute approximate surface area is 162 Å². The van der Waals surface area contributed by atoms with E-state index < -0.39 is 11.7 Å². The van der Waals surface area contributed by atoms with Crippen LogP contribution in [0.4, 0.5) is 19.0 Å². The van der Waals surface area contributed by atoms with E-state index in [2.05, 4.69) is 20.8 Å². The van der Waals surface area contributed by atoms with Gasteiger partial charge in [-0.3, -0.25) is 15.1 Å². The van der Waals surface area contributed by atoms with E-state index in [-0.39, 0.29) is 28.5 Å². The van der Waals surface area contributed by atoms with E-state index in [9.17, 15) is 18.0 Å². The normalized spacial score (nSPS) is 15.0. The van der Waals surface area contributed by atoms with Gasteiger partial charge in [-0.25, -0.2) is 9.98 Å². The predicted octanol–water partition coefficient (Wildman–Crippen LogP) is 1.86. The molecule has 1 aromatic rings. The fraction of sp³-hybridized carbons (Fsp3) is 0.429. The Kier molecular flexibility index (Phi) is 7.71. The van der Waals surface area contributed by atoms with E-state index in [0.717, 1.165) is 12.4 Å². The SMILES string of the molecule is O=C(CON/C=N/C(=S)Nc1ncc(C(F)(F)F)cc1Cl)N1CCOCC1. The molecule has 2 N–H and O–H groups in total. The first kappa shape index (κ1) is 21.3. The number of carbonyl (C=O) groups is 1. The van der Waals surface area contributed by atoms with Crippen molar-refractivity contribution in [1.82, 2.24) is 15.4 Å². The smallest absolute Gasteiger partial charge is 0.378 e. The molecule has 1 aromatic heterocycles. The van der Waals surface area contributed by atoms with Crippen LogP contribution in [0.25, 0.3) is 0 Å². The van der Waals surface area contributed by atoms with E-state index in [1.54, 1.807) is 4.90 Å². The molecule has 1 amide bonds. The third-order valence-corrected chi connectivity index (χ3v) is 3.77. The summed E-state index contributed by atoms with van der Waals surface area (Å²) in [5.74, 6) is -0.282. The largest absolute Gasteiger partial charge is 0.417 e. The van der Waals surface area contributed by atoms with Crippen LogP contribution in [0.2, 0.25) is 5.02 Å². The molecule has 13 heteroatoms. The number of alkyl halides is 3. The highest BCUT2D eigenvalue weighted by molar-refractivity contribution is 7.80. The highest BCUT2D eigenvalue weighted by atomic mass is 35.5. The van der Waals surface area contributed by atoms with Gasteiger partial charge in [0.05, 0.1) is 23.8 Å². The Bertz CT molecular complexity index is 714. The molecule has 0 radical (unpaired) electrons. The van der Waals surface area contributed by atoms with Gasteiger partial charge in [-0.1, -0.05) is 11.6 Å². The van der Waals surface area contributed by atoms with Crippen LogP contribution in [0.3, 0.4) is 0 Å². The van der Waals surface area contributed by atoms with E-state index in [1.807, 2.05) is 0 Å². The van der Waals surface area contributed by atoms with Crippen molar-refractivity contribution in [2.75, 3.05) is 38.2 Å². The summed E-state index contributed by atoms with van der Waals surface area (Å²) in [5.41, 5.74) is 1.34. The van der Waals surface area contributed by atoms with Gasteiger partial charge in [-0.05, 0) is 18.3 Å². The van der Waals surface area contributed by atoms with Crippen molar-refractivity contribution in [3.63, 3.8) is 0 Å². The Morgan fingerprint density at radius 1 is 1.48 bits per heavy atom. The number of nitrogens with zero attached hydrogens (tertiary/aromatic N) is 3. The average Bonchev–Trinajstić information content (AvgIpc) is 2.62. The first-order valence-corrected chi connectivity index (χ1v) is 8.35. The number of hydrogen-bond acceptors (Lipinski definition) is 5. The van der Waals surface area contributed by atoms with Crippen molar-refractivity contribution in [1.29, 1.82) is 0 Å². The molecule has 1 fully saturated rings. The second kappa shape index (κ2) is 9.78. The van der Waals surface area contributed by atoms with Crippen molar-refractivity contribution in [3.05, 3.63) is 22.8 Å². The van der Waals surface area contributed by atoms with Gasteiger partial charge in [0, 0.05) is 19.3 Å². The van der Waals surface area contributed by atoms with E-state index in [4.69, 9.17) is 33.4 Å². The standard InChI is InChI=1S/C14H15ClF3N5O3S/c15-10-5-9(14(16,17)18)6-19-12(10)22-13(27)20-8-21-26-7-11(24)23-1-3-25-4-2-23/h5-6,8H,1-4,7H2,(H2,19,20,21,22,27). The fourth-order valence-corrected chi connectivity index (χ4v) is 2.31. The lowest BCUT2D eigenvalue weighted by Gasteiger charge is -2.26. The molecule has 1 aliphatic heterocycles. The van der Waals surface area contributed by atoms with Gasteiger partial charge in [0.2, 0.25) is 0 Å². The molecule has 0 saturated carbocycles. The third-order valence-electron chi connectivity index (χ3n) is 3.27. The Morgan fingerprint density at radius 2 is 2.19 bits per heavy atom. The zero-order chi connectivity index (χ0) is 19.9. The van der Waals surface area contributed by atoms with E-state index in [1.165, 1.54) is 0 Å². The number of ether oxygens (including phenoxy) is 1. The summed E-state index contributed by atoms with van der Waals surface area (Å²) in [6, 6.07) is 0.724. The zero-order valence-corrected chi connectivity index (χ0v) is 15.3. The van der Waals surface area contributed by atoms with Gasteiger partial charge in [0.25, 0.3) is 5.91 Å². The number of halogens is 4. The molecule has 0 spiro atoms. The summed E-state index contributed by atoms with van der Waals surface area (Å²) >= 11 is 10.6. The lowest BCUT2D eigenvalue weighted by Crippen LogP contribution is -2.43. The predicted molar refractivity (Wildman–Crippen MR) is 95.4 cm³/mol. The molecule has 2 rings (SSSR count). The number of nitrogens with one attached hydrogen (secondary N) is 2. The van der Waals surface area contributed by atoms with E-state index in [0.29, 0.717) is 32.5 Å². The minimum Gasteiger partial charge on any atom is -0.378 e. The summed E-state index contributed by atoms with van der Waals surface area (Å²) in [7, 11) is 0. The van der Waals surface area contributed by atoms with Gasteiger partial charge in [0.15, 0.2) is 17.5 Å². The second-order valence-corrected chi connectivity index (χ2v) is 5.93. The van der Waals surface area contributed by atoms with Crippen LogP contribution < -0.4 is 10.8 Å². The van der Waals surface area contributed by atoms with Crippen LogP contribution >= 0.6 is 23.8 Å². The molecule has 8 nitrogen and oxygen atoms in total. The fourth-order valence-electron chi connectivity index (χ4n) is 1.95. The maximum absolute atomic E-state index is 12.6. The topological polar surface area (TPSA) is 88.1 Å². The van der Waals surface area contributed by atoms with Gasteiger partial charge in [-0.15, -0.1) is 0 Å². The van der Waals surface area contributed by atoms with E-state index >= 15 is 0 Å². The number of hydrogen-bond donors (Lipinski definition) is 2. The highest BCUT2D eigenvalue weighted by Crippen LogP contribution is 2.32. The van der Waals surface area contributed by atoms with Crippen LogP contribution in [0, 0.1) is 0 Å². The summed E-state index contributed by atoms with van der Waals surface area (Å²) in [6.45, 7) is 1.77. The number of rotatable bonds is 5. The van der Waals surface area contributed by atoms with Crippen LogP contribution in [-0.4, -0.2) is 60.2 Å². The minimum absolute atomic E-state index is 0.0739. The lowest BCUT2D eigenvalue weighted by atomic mass is 10.3. The monoisotopic (exact) mass is 425 g/mol. The molecule has 0 unspecified atom stereocenters. The summed E-state index contributed by atoms with van der Waals surface area (Å²) < 4.78 is 42.8. The number of carbonyl (C=O) groups excluding carboxylic acids is 1. The van der Waals surface area contributed by atoms with Crippen LogP contribution in [0.5, 0.6) is 0 Å². The zero-order valence-electron chi connectivity index (χ0n) is 13.8. The number of aliphatic imine (C=N–C) groups is 1. The number of hydroxylamine groups is 1. The molecule has 0 aliphatic carbocycles. The van der Waals surface area contributed by atoms with Crippen molar-refractivity contribution in [3.8, 4) is 0 Å². The quantitative estimate of drug-likeness (QED) is 0.245. The lowest BCUT2D eigenvalue weighted by molar-refractivity contribution is -0.141. The van der Waals surface area contributed by atoms with Gasteiger partial charge >= 0.3 is 6.18 Å². The Balaban J connectivity index is 1.74. The molecule has 1 saturated heterocycles. The first-order chi connectivity index (χ1) is 12.8. The van der Waals surface area contributed by atoms with Crippen LogP contribution in [-0.2, 0) is 20.5 Å². The molecule has 1 aliphatic rings. The number of amides is 1. The first-order valence-electron chi connectivity index (χ1n) is 7.56. The second-order valence-electron chi connectivity index (χ2n) is 5.14. The van der Waals surface area contributed by atoms with Crippen LogP contribution in [0.15, 0.2) is 17.3 Å². The molecule has 0 bridgehead atoms. The van der Waals surface area contributed by atoms with Gasteiger partial charge in [-0.2, -0.15) is 13.2 Å². The molecule has 27 heavy (non-hydrogen) atoms. The summed E-state index contributed by atoms with van der Waals surface area (Å²) in [4.78, 5) is 25.6. The van der Waals surface area contributed by atoms with Crippen molar-refractivity contribution in [2.24, 2.45) is 4.99 Å². The molecular formula is C14H15ClF3N5O3S. The molecule has 148 valence electrons. The number of pyridine rings is 1. The number of morpholine rings is 1. The van der Waals surface area contributed by atoms with Crippen molar-refractivity contribution >= 4 is 47.0 Å². The number of anilines is 1. The van der Waals surface area contributed by atoms with Crippen molar-refractivity contribution < 1.29 is 27.5 Å². The maximum atomic E-state index is 12.6. The van der Waals surface area contributed by atoms with Gasteiger partial charge < -0.3 is 15.0 Å². The molecular weight excluding hydrogens is 411 g/mol. The average molecular weight is 426 g/mol. The Morgan fingerprint density at radius 3 is 2.81 bits per heavy atom. The van der Waals surface area contributed by atoms with Gasteiger partial charge in [0.1, 0.15) is 6.34 Å². The number of thiocarbonyl (C=S) groups is 1. The minimum atomic E-state index is -4.55. The summed E-state index contributed by atoms with van der Waals surface area (Å²) in [5, 5.41) is 2.09.